The van der Waals surface area contributed by atoms with E-state index in [9.17, 15) is 8.42 Å². The van der Waals surface area contributed by atoms with Gasteiger partial charge in [0.05, 0.1) is 11.5 Å². The van der Waals surface area contributed by atoms with Gasteiger partial charge in [-0.25, -0.2) is 12.7 Å². The van der Waals surface area contributed by atoms with Crippen LogP contribution in [0.2, 0.25) is 0 Å². The molecule has 0 aromatic rings. The van der Waals surface area contributed by atoms with Crippen molar-refractivity contribution in [1.29, 1.82) is 0 Å². The summed E-state index contributed by atoms with van der Waals surface area (Å²) in [5.41, 5.74) is 0.712. The number of oxime groups is 1. The molecular weight excluding hydrogens is 264 g/mol. The lowest BCUT2D eigenvalue weighted by Crippen LogP contribution is -2.45. The zero-order valence-electron chi connectivity index (χ0n) is 11.6. The van der Waals surface area contributed by atoms with Crippen LogP contribution in [0.4, 0.5) is 0 Å². The highest BCUT2D eigenvalue weighted by atomic mass is 32.2. The third kappa shape index (κ3) is 3.69. The standard InChI is InChI=1S/C13H24N2O3S/c1-11-9-15(8-7-13(11)14-16)19(17,18)10-12-5-3-2-4-6-12/h11-12,16H,2-10H2,1H3. The summed E-state index contributed by atoms with van der Waals surface area (Å²) >= 11 is 0. The topological polar surface area (TPSA) is 70.0 Å². The van der Waals surface area contributed by atoms with Gasteiger partial charge < -0.3 is 5.21 Å². The molecule has 6 heteroatoms. The molecule has 1 unspecified atom stereocenters. The fourth-order valence-corrected chi connectivity index (χ4v) is 5.11. The molecule has 2 aliphatic rings. The first-order chi connectivity index (χ1) is 9.03. The number of hydrogen-bond donors (Lipinski definition) is 1. The quantitative estimate of drug-likeness (QED) is 0.638. The van der Waals surface area contributed by atoms with Crippen molar-refractivity contribution in [3.8, 4) is 0 Å². The predicted octanol–water partition coefficient (Wildman–Crippen LogP) is 2.07. The van der Waals surface area contributed by atoms with Gasteiger partial charge in [0.1, 0.15) is 0 Å². The van der Waals surface area contributed by atoms with Crippen molar-refractivity contribution in [2.75, 3.05) is 18.8 Å². The summed E-state index contributed by atoms with van der Waals surface area (Å²) in [6.45, 7) is 2.82. The third-order valence-corrected chi connectivity index (χ3v) is 6.37. The molecule has 0 radical (unpaired) electrons. The van der Waals surface area contributed by atoms with Gasteiger partial charge in [-0.05, 0) is 18.8 Å². The Labute approximate surface area is 115 Å². The van der Waals surface area contributed by atoms with Gasteiger partial charge in [-0.2, -0.15) is 0 Å². The Kier molecular flexibility index (Phi) is 4.84. The zero-order valence-corrected chi connectivity index (χ0v) is 12.4. The highest BCUT2D eigenvalue weighted by Crippen LogP contribution is 2.27. The summed E-state index contributed by atoms with van der Waals surface area (Å²) < 4.78 is 26.4. The minimum Gasteiger partial charge on any atom is -0.411 e. The third-order valence-electron chi connectivity index (χ3n) is 4.36. The Morgan fingerprint density at radius 2 is 2.00 bits per heavy atom. The van der Waals surface area contributed by atoms with Crippen molar-refractivity contribution >= 4 is 15.7 Å². The number of rotatable bonds is 3. The number of piperidine rings is 1. The van der Waals surface area contributed by atoms with Crippen LogP contribution in [0.25, 0.3) is 0 Å². The Balaban J connectivity index is 1.96. The molecule has 1 atom stereocenters. The molecule has 1 aliphatic heterocycles. The van der Waals surface area contributed by atoms with Crippen LogP contribution in [-0.4, -0.2) is 42.5 Å². The summed E-state index contributed by atoms with van der Waals surface area (Å²) in [7, 11) is -3.15. The van der Waals surface area contributed by atoms with Crippen molar-refractivity contribution in [3.63, 3.8) is 0 Å². The van der Waals surface area contributed by atoms with Gasteiger partial charge in [-0.1, -0.05) is 31.3 Å². The molecule has 1 heterocycles. The van der Waals surface area contributed by atoms with E-state index in [0.29, 0.717) is 36.9 Å². The van der Waals surface area contributed by atoms with Crippen molar-refractivity contribution in [3.05, 3.63) is 0 Å². The first-order valence-electron chi connectivity index (χ1n) is 7.21. The van der Waals surface area contributed by atoms with Crippen LogP contribution in [0, 0.1) is 11.8 Å². The van der Waals surface area contributed by atoms with Gasteiger partial charge in [0, 0.05) is 25.4 Å². The van der Waals surface area contributed by atoms with E-state index in [0.717, 1.165) is 25.7 Å². The van der Waals surface area contributed by atoms with Crippen LogP contribution in [-0.2, 0) is 10.0 Å². The molecule has 0 bridgehead atoms. The molecule has 19 heavy (non-hydrogen) atoms. The zero-order chi connectivity index (χ0) is 13.9. The summed E-state index contributed by atoms with van der Waals surface area (Å²) in [5.74, 6) is 0.646. The van der Waals surface area contributed by atoms with Crippen molar-refractivity contribution in [2.45, 2.75) is 45.4 Å². The maximum absolute atomic E-state index is 12.4. The number of sulfonamides is 1. The van der Waals surface area contributed by atoms with Gasteiger partial charge in [-0.15, -0.1) is 0 Å². The van der Waals surface area contributed by atoms with E-state index in [1.165, 1.54) is 6.42 Å². The fourth-order valence-electron chi connectivity index (χ4n) is 3.15. The summed E-state index contributed by atoms with van der Waals surface area (Å²) in [6, 6.07) is 0. The second-order valence-electron chi connectivity index (χ2n) is 5.88. The van der Waals surface area contributed by atoms with E-state index >= 15 is 0 Å². The highest BCUT2D eigenvalue weighted by molar-refractivity contribution is 7.89. The average Bonchev–Trinajstić information content (AvgIpc) is 2.39. The number of nitrogens with zero attached hydrogens (tertiary/aromatic N) is 2. The molecule has 0 spiro atoms. The van der Waals surface area contributed by atoms with E-state index in [1.807, 2.05) is 6.92 Å². The minimum atomic E-state index is -3.15. The summed E-state index contributed by atoms with van der Waals surface area (Å²) in [4.78, 5) is 0. The molecule has 1 N–H and O–H groups in total. The Hall–Kier alpha value is -0.620. The summed E-state index contributed by atoms with van der Waals surface area (Å²) in [6.07, 6.45) is 6.21. The molecule has 2 fully saturated rings. The molecule has 1 saturated carbocycles. The van der Waals surface area contributed by atoms with E-state index in [1.54, 1.807) is 4.31 Å². The molecule has 2 rings (SSSR count). The van der Waals surface area contributed by atoms with Crippen molar-refractivity contribution in [1.82, 2.24) is 4.31 Å². The molecule has 5 nitrogen and oxygen atoms in total. The van der Waals surface area contributed by atoms with Gasteiger partial charge in [0.15, 0.2) is 0 Å². The minimum absolute atomic E-state index is 0.0138. The van der Waals surface area contributed by atoms with Gasteiger partial charge in [-0.3, -0.25) is 0 Å². The SMILES string of the molecule is CC1CN(S(=O)(=O)CC2CCCCC2)CCC1=NO. The maximum Gasteiger partial charge on any atom is 0.214 e. The fraction of sp³-hybridized carbons (Fsp3) is 0.923. The van der Waals surface area contributed by atoms with Crippen molar-refractivity contribution in [2.24, 2.45) is 17.0 Å². The van der Waals surface area contributed by atoms with Crippen LogP contribution in [0.5, 0.6) is 0 Å². The molecule has 0 amide bonds. The second-order valence-corrected chi connectivity index (χ2v) is 7.90. The highest BCUT2D eigenvalue weighted by Gasteiger charge is 2.32. The van der Waals surface area contributed by atoms with Crippen LogP contribution in [0.15, 0.2) is 5.16 Å². The lowest BCUT2D eigenvalue weighted by atomic mass is 9.91. The molecule has 110 valence electrons. The smallest absolute Gasteiger partial charge is 0.214 e. The van der Waals surface area contributed by atoms with E-state index in [-0.39, 0.29) is 5.92 Å². The van der Waals surface area contributed by atoms with Crippen LogP contribution in [0.3, 0.4) is 0 Å². The normalized spacial score (nSPS) is 29.7. The molecule has 0 aromatic carbocycles. The van der Waals surface area contributed by atoms with Crippen LogP contribution < -0.4 is 0 Å². The lowest BCUT2D eigenvalue weighted by Gasteiger charge is -2.32. The van der Waals surface area contributed by atoms with E-state index < -0.39 is 10.0 Å². The largest absolute Gasteiger partial charge is 0.411 e. The van der Waals surface area contributed by atoms with Gasteiger partial charge in [0.25, 0.3) is 0 Å². The Morgan fingerprint density at radius 1 is 1.32 bits per heavy atom. The molecule has 1 saturated heterocycles. The molecular formula is C13H24N2O3S. The number of hydrogen-bond acceptors (Lipinski definition) is 4. The van der Waals surface area contributed by atoms with E-state index in [4.69, 9.17) is 5.21 Å². The van der Waals surface area contributed by atoms with E-state index in [2.05, 4.69) is 5.16 Å². The Bertz CT molecular complexity index is 427. The second kappa shape index (κ2) is 6.22. The van der Waals surface area contributed by atoms with Gasteiger partial charge in [0.2, 0.25) is 10.0 Å². The first kappa shape index (κ1) is 14.8. The van der Waals surface area contributed by atoms with Gasteiger partial charge >= 0.3 is 0 Å². The maximum atomic E-state index is 12.4. The van der Waals surface area contributed by atoms with Crippen LogP contribution in [0.1, 0.15) is 45.4 Å². The summed E-state index contributed by atoms with van der Waals surface area (Å²) in [5, 5.41) is 12.1. The Morgan fingerprint density at radius 3 is 2.58 bits per heavy atom. The molecule has 1 aliphatic carbocycles. The monoisotopic (exact) mass is 288 g/mol. The lowest BCUT2D eigenvalue weighted by molar-refractivity contribution is 0.299. The average molecular weight is 288 g/mol. The predicted molar refractivity (Wildman–Crippen MR) is 74.9 cm³/mol. The first-order valence-corrected chi connectivity index (χ1v) is 8.82. The van der Waals surface area contributed by atoms with Crippen molar-refractivity contribution < 1.29 is 13.6 Å². The molecule has 0 aromatic heterocycles. The van der Waals surface area contributed by atoms with Crippen LogP contribution >= 0.6 is 0 Å².